The van der Waals surface area contributed by atoms with Gasteiger partial charge < -0.3 is 19.1 Å². The second-order valence-electron chi connectivity index (χ2n) is 7.29. The van der Waals surface area contributed by atoms with Gasteiger partial charge in [0.2, 0.25) is 0 Å². The Hall–Kier alpha value is -1.99. The van der Waals surface area contributed by atoms with Crippen LogP contribution in [0, 0.1) is 0 Å². The maximum absolute atomic E-state index is 12.9. The van der Waals surface area contributed by atoms with Gasteiger partial charge in [0.25, 0.3) is 5.91 Å². The SMILES string of the molecule is COC(=O)c1ccc(C(=O)N2CC(C)(C)OC3(CCCOC3)C2)nc1. The van der Waals surface area contributed by atoms with E-state index in [1.165, 1.54) is 13.3 Å². The molecule has 0 aromatic carbocycles. The topological polar surface area (TPSA) is 78.0 Å². The molecule has 0 aliphatic carbocycles. The van der Waals surface area contributed by atoms with Crippen molar-refractivity contribution in [2.24, 2.45) is 0 Å². The fourth-order valence-corrected chi connectivity index (χ4v) is 3.61. The van der Waals surface area contributed by atoms with E-state index in [4.69, 9.17) is 9.47 Å². The van der Waals surface area contributed by atoms with E-state index in [0.717, 1.165) is 19.4 Å². The van der Waals surface area contributed by atoms with Gasteiger partial charge in [-0.25, -0.2) is 4.79 Å². The average Bonchev–Trinajstić information content (AvgIpc) is 2.59. The van der Waals surface area contributed by atoms with E-state index in [2.05, 4.69) is 9.72 Å². The Morgan fingerprint density at radius 2 is 2.08 bits per heavy atom. The summed E-state index contributed by atoms with van der Waals surface area (Å²) in [5.74, 6) is -0.643. The number of esters is 1. The normalized spacial score (nSPS) is 25.6. The fraction of sp³-hybridized carbons (Fsp3) is 0.611. The van der Waals surface area contributed by atoms with Crippen molar-refractivity contribution >= 4 is 11.9 Å². The number of hydrogen-bond acceptors (Lipinski definition) is 6. The van der Waals surface area contributed by atoms with E-state index in [-0.39, 0.29) is 5.91 Å². The molecule has 3 heterocycles. The molecule has 1 unspecified atom stereocenters. The minimum absolute atomic E-state index is 0.169. The van der Waals surface area contributed by atoms with Crippen LogP contribution in [0.4, 0.5) is 0 Å². The number of carbonyl (C=O) groups is 2. The Kier molecular flexibility index (Phi) is 4.79. The Morgan fingerprint density at radius 3 is 2.68 bits per heavy atom. The first-order valence-corrected chi connectivity index (χ1v) is 8.46. The summed E-state index contributed by atoms with van der Waals surface area (Å²) >= 11 is 0. The molecule has 2 aliphatic rings. The molecule has 0 saturated carbocycles. The lowest BCUT2D eigenvalue weighted by Crippen LogP contribution is -2.63. The molecule has 7 heteroatoms. The number of rotatable bonds is 2. The molecule has 0 radical (unpaired) electrons. The third-order valence-electron chi connectivity index (χ3n) is 4.52. The van der Waals surface area contributed by atoms with Gasteiger partial charge in [0, 0.05) is 19.3 Å². The van der Waals surface area contributed by atoms with Crippen molar-refractivity contribution in [3.05, 3.63) is 29.6 Å². The number of pyridine rings is 1. The van der Waals surface area contributed by atoms with Crippen molar-refractivity contribution in [2.45, 2.75) is 37.9 Å². The van der Waals surface area contributed by atoms with Gasteiger partial charge in [-0.2, -0.15) is 0 Å². The monoisotopic (exact) mass is 348 g/mol. The Labute approximate surface area is 147 Å². The van der Waals surface area contributed by atoms with Gasteiger partial charge in [0.05, 0.1) is 31.4 Å². The Bertz CT molecular complexity index is 650. The van der Waals surface area contributed by atoms with Gasteiger partial charge in [-0.15, -0.1) is 0 Å². The lowest BCUT2D eigenvalue weighted by molar-refractivity contribution is -0.225. The van der Waals surface area contributed by atoms with Gasteiger partial charge in [0.15, 0.2) is 0 Å². The molecule has 1 spiro atoms. The van der Waals surface area contributed by atoms with E-state index in [1.807, 2.05) is 13.8 Å². The van der Waals surface area contributed by atoms with Crippen molar-refractivity contribution in [1.29, 1.82) is 0 Å². The highest BCUT2D eigenvalue weighted by atomic mass is 16.6. The molecule has 7 nitrogen and oxygen atoms in total. The molecule has 1 aromatic rings. The molecule has 2 saturated heterocycles. The van der Waals surface area contributed by atoms with Crippen molar-refractivity contribution in [3.63, 3.8) is 0 Å². The van der Waals surface area contributed by atoms with E-state index in [1.54, 1.807) is 17.0 Å². The Balaban J connectivity index is 1.79. The van der Waals surface area contributed by atoms with Gasteiger partial charge in [0.1, 0.15) is 11.3 Å². The van der Waals surface area contributed by atoms with Gasteiger partial charge >= 0.3 is 5.97 Å². The number of nitrogens with zero attached hydrogens (tertiary/aromatic N) is 2. The smallest absolute Gasteiger partial charge is 0.339 e. The van der Waals surface area contributed by atoms with E-state index >= 15 is 0 Å². The zero-order valence-corrected chi connectivity index (χ0v) is 14.9. The molecule has 25 heavy (non-hydrogen) atoms. The minimum atomic E-state index is -0.475. The van der Waals surface area contributed by atoms with Gasteiger partial charge in [-0.3, -0.25) is 9.78 Å². The second-order valence-corrected chi connectivity index (χ2v) is 7.29. The average molecular weight is 348 g/mol. The van der Waals surface area contributed by atoms with Crippen LogP contribution in [0.2, 0.25) is 0 Å². The first-order chi connectivity index (χ1) is 11.8. The summed E-state index contributed by atoms with van der Waals surface area (Å²) in [4.78, 5) is 30.3. The number of hydrogen-bond donors (Lipinski definition) is 0. The fourth-order valence-electron chi connectivity index (χ4n) is 3.61. The van der Waals surface area contributed by atoms with E-state index in [9.17, 15) is 9.59 Å². The van der Waals surface area contributed by atoms with Gasteiger partial charge in [-0.1, -0.05) is 0 Å². The van der Waals surface area contributed by atoms with Crippen molar-refractivity contribution in [1.82, 2.24) is 9.88 Å². The summed E-state index contributed by atoms with van der Waals surface area (Å²) in [6, 6.07) is 3.11. The second kappa shape index (κ2) is 6.72. The van der Waals surface area contributed by atoms with Crippen molar-refractivity contribution in [3.8, 4) is 0 Å². The summed E-state index contributed by atoms with van der Waals surface area (Å²) in [7, 11) is 1.31. The molecule has 1 aromatic heterocycles. The third kappa shape index (κ3) is 3.82. The molecule has 2 fully saturated rings. The maximum atomic E-state index is 12.9. The summed E-state index contributed by atoms with van der Waals surface area (Å²) in [5.41, 5.74) is -0.293. The van der Waals surface area contributed by atoms with E-state index in [0.29, 0.717) is 31.0 Å². The van der Waals surface area contributed by atoms with Gasteiger partial charge in [-0.05, 0) is 38.8 Å². The van der Waals surface area contributed by atoms with Crippen LogP contribution < -0.4 is 0 Å². The molecular weight excluding hydrogens is 324 g/mol. The summed E-state index contributed by atoms with van der Waals surface area (Å²) in [6.07, 6.45) is 3.16. The minimum Gasteiger partial charge on any atom is -0.465 e. The number of morpholine rings is 1. The first kappa shape index (κ1) is 17.8. The van der Waals surface area contributed by atoms with Crippen LogP contribution in [-0.2, 0) is 14.2 Å². The van der Waals surface area contributed by atoms with Crippen LogP contribution in [0.25, 0.3) is 0 Å². The standard InChI is InChI=1S/C18H24N2O5/c1-17(2)10-20(11-18(25-17)7-4-8-24-12-18)15(21)14-6-5-13(9-19-14)16(22)23-3/h5-6,9H,4,7-8,10-12H2,1-3H3. The number of aromatic nitrogens is 1. The van der Waals surface area contributed by atoms with Crippen molar-refractivity contribution in [2.75, 3.05) is 33.4 Å². The highest BCUT2D eigenvalue weighted by molar-refractivity contribution is 5.94. The van der Waals surface area contributed by atoms with Crippen LogP contribution >= 0.6 is 0 Å². The molecular formula is C18H24N2O5. The third-order valence-corrected chi connectivity index (χ3v) is 4.52. The van der Waals surface area contributed by atoms with Crippen molar-refractivity contribution < 1.29 is 23.8 Å². The highest BCUT2D eigenvalue weighted by Gasteiger charge is 2.47. The predicted molar refractivity (Wildman–Crippen MR) is 89.4 cm³/mol. The van der Waals surface area contributed by atoms with Crippen LogP contribution in [0.5, 0.6) is 0 Å². The first-order valence-electron chi connectivity index (χ1n) is 8.46. The molecule has 0 N–H and O–H groups in total. The maximum Gasteiger partial charge on any atom is 0.339 e. The number of amides is 1. The van der Waals surface area contributed by atoms with Crippen LogP contribution in [0.3, 0.4) is 0 Å². The largest absolute Gasteiger partial charge is 0.465 e. The number of carbonyl (C=O) groups excluding carboxylic acids is 2. The quantitative estimate of drug-likeness (QED) is 0.757. The summed E-state index contributed by atoms with van der Waals surface area (Å²) in [5, 5.41) is 0. The highest BCUT2D eigenvalue weighted by Crippen LogP contribution is 2.35. The van der Waals surface area contributed by atoms with Crippen LogP contribution in [-0.4, -0.2) is 66.4 Å². The lowest BCUT2D eigenvalue weighted by Gasteiger charge is -2.51. The summed E-state index contributed by atoms with van der Waals surface area (Å²) < 4.78 is 16.5. The predicted octanol–water partition coefficient (Wildman–Crippen LogP) is 1.67. The van der Waals surface area contributed by atoms with E-state index < -0.39 is 17.2 Å². The molecule has 2 aliphatic heterocycles. The van der Waals surface area contributed by atoms with Crippen LogP contribution in [0.15, 0.2) is 18.3 Å². The summed E-state index contributed by atoms with van der Waals surface area (Å²) in [6.45, 7) is 6.15. The lowest BCUT2D eigenvalue weighted by atomic mass is 9.90. The molecule has 136 valence electrons. The Morgan fingerprint density at radius 1 is 1.28 bits per heavy atom. The van der Waals surface area contributed by atoms with Crippen LogP contribution in [0.1, 0.15) is 47.5 Å². The molecule has 3 rings (SSSR count). The molecule has 1 atom stereocenters. The zero-order valence-electron chi connectivity index (χ0n) is 14.9. The number of methoxy groups -OCH3 is 1. The zero-order chi connectivity index (χ0) is 18.1. The number of ether oxygens (including phenoxy) is 3. The molecule has 0 bridgehead atoms. The molecule has 1 amide bonds.